The number of carboxylic acids is 1. The Morgan fingerprint density at radius 1 is 0.889 bits per heavy atom. The van der Waals surface area contributed by atoms with Gasteiger partial charge in [-0.3, -0.25) is 4.79 Å². The van der Waals surface area contributed by atoms with Gasteiger partial charge >= 0.3 is 5.97 Å². The van der Waals surface area contributed by atoms with Crippen molar-refractivity contribution < 1.29 is 14.7 Å². The van der Waals surface area contributed by atoms with E-state index < -0.39 is 5.97 Å². The molecule has 9 atom stereocenters. The van der Waals surface area contributed by atoms with Gasteiger partial charge in [-0.15, -0.1) is 0 Å². The zero-order valence-electron chi connectivity index (χ0n) is 29.0. The van der Waals surface area contributed by atoms with Crippen molar-refractivity contribution in [1.29, 1.82) is 0 Å². The van der Waals surface area contributed by atoms with Crippen molar-refractivity contribution in [2.45, 2.75) is 99.3 Å². The van der Waals surface area contributed by atoms with Gasteiger partial charge in [-0.1, -0.05) is 65.0 Å². The summed E-state index contributed by atoms with van der Waals surface area (Å²) in [5.74, 6) is 2.00. The number of carbonyl (C=O) groups is 2. The van der Waals surface area contributed by atoms with E-state index in [0.717, 1.165) is 38.6 Å². The molecule has 5 aliphatic rings. The van der Waals surface area contributed by atoms with E-state index in [4.69, 9.17) is 0 Å². The molecule has 45 heavy (non-hydrogen) atoms. The lowest BCUT2D eigenvalue weighted by Gasteiger charge is -2.72. The van der Waals surface area contributed by atoms with Crippen LogP contribution in [0.3, 0.4) is 0 Å². The van der Waals surface area contributed by atoms with Crippen molar-refractivity contribution in [1.82, 2.24) is 10.6 Å². The lowest BCUT2D eigenvalue weighted by molar-refractivity contribution is -0.225. The van der Waals surface area contributed by atoms with Crippen molar-refractivity contribution in [3.8, 4) is 0 Å². The van der Waals surface area contributed by atoms with Gasteiger partial charge in [0.15, 0.2) is 0 Å². The molecule has 0 radical (unpaired) electrons. The summed E-state index contributed by atoms with van der Waals surface area (Å²) >= 11 is 0. The summed E-state index contributed by atoms with van der Waals surface area (Å²) in [6, 6.07) is 7.55. The second kappa shape index (κ2) is 11.1. The second-order valence-corrected chi connectivity index (χ2v) is 17.1. The van der Waals surface area contributed by atoms with Crippen LogP contribution >= 0.6 is 0 Å². The third kappa shape index (κ3) is 4.56. The van der Waals surface area contributed by atoms with Gasteiger partial charge in [0.2, 0.25) is 5.91 Å². The maximum atomic E-state index is 14.1. The van der Waals surface area contributed by atoms with Crippen LogP contribution in [0.2, 0.25) is 0 Å². The summed E-state index contributed by atoms with van der Waals surface area (Å²) in [5.41, 5.74) is 4.54. The number of nitrogens with one attached hydrogen (secondary N) is 2. The number of amides is 1. The number of fused-ring (bicyclic) bond motifs is 7. The lowest BCUT2D eigenvalue weighted by Crippen LogP contribution is -2.66. The van der Waals surface area contributed by atoms with Crippen molar-refractivity contribution in [2.24, 2.45) is 56.7 Å². The molecule has 3 N–H and O–H groups in total. The first-order valence-corrected chi connectivity index (χ1v) is 17.8. The molecule has 4 saturated carbocycles. The maximum absolute atomic E-state index is 14.1. The number of likely N-dealkylation sites (N-methyl/N-ethyl adjacent to an activating group) is 1. The Bertz CT molecular complexity index is 1390. The average molecular weight is 615 g/mol. The first-order valence-electron chi connectivity index (χ1n) is 17.8. The molecule has 0 spiro atoms. The first kappa shape index (κ1) is 32.5. The molecule has 1 aromatic carbocycles. The number of allylic oxidation sites excluding steroid dienone is 3. The summed E-state index contributed by atoms with van der Waals surface area (Å²) in [6.45, 7) is 21.0. The van der Waals surface area contributed by atoms with Gasteiger partial charge in [-0.2, -0.15) is 0 Å². The molecule has 0 unspecified atom stereocenters. The molecule has 5 heteroatoms. The predicted octanol–water partition coefficient (Wildman–Crippen LogP) is 8.37. The minimum absolute atomic E-state index is 0.000474. The van der Waals surface area contributed by atoms with Crippen LogP contribution in [0.4, 0.5) is 0 Å². The average Bonchev–Trinajstić information content (AvgIpc) is 3.39. The lowest BCUT2D eigenvalue weighted by atomic mass is 9.32. The number of benzene rings is 1. The predicted molar refractivity (Wildman–Crippen MR) is 183 cm³/mol. The van der Waals surface area contributed by atoms with Gasteiger partial charge in [0.1, 0.15) is 0 Å². The molecule has 0 aromatic heterocycles. The second-order valence-electron chi connectivity index (χ2n) is 17.1. The first-order chi connectivity index (χ1) is 21.2. The van der Waals surface area contributed by atoms with Crippen LogP contribution in [0.25, 0.3) is 5.57 Å². The molecule has 6 rings (SSSR count). The minimum Gasteiger partial charge on any atom is -0.478 e. The normalized spacial score (nSPS) is 41.5. The van der Waals surface area contributed by atoms with Gasteiger partial charge in [0.25, 0.3) is 0 Å². The molecular weight excluding hydrogens is 556 g/mol. The fraction of sp³-hybridized carbons (Fsp3) is 0.700. The summed E-state index contributed by atoms with van der Waals surface area (Å²) in [7, 11) is 1.95. The number of rotatable bonds is 7. The van der Waals surface area contributed by atoms with E-state index in [9.17, 15) is 14.7 Å². The van der Waals surface area contributed by atoms with Gasteiger partial charge in [-0.05, 0) is 146 Å². The number of carboxylic acid groups (broad SMARTS) is 1. The molecule has 5 aliphatic carbocycles. The van der Waals surface area contributed by atoms with Gasteiger partial charge < -0.3 is 15.7 Å². The molecule has 4 fully saturated rings. The van der Waals surface area contributed by atoms with E-state index >= 15 is 0 Å². The van der Waals surface area contributed by atoms with E-state index in [2.05, 4.69) is 64.8 Å². The van der Waals surface area contributed by atoms with E-state index in [1.165, 1.54) is 42.4 Å². The molecular formula is C40H58N2O3. The molecule has 0 aliphatic heterocycles. The number of aromatic carboxylic acids is 1. The third-order valence-corrected chi connectivity index (χ3v) is 15.2. The van der Waals surface area contributed by atoms with Crippen LogP contribution in [0.5, 0.6) is 0 Å². The molecule has 0 heterocycles. The number of carbonyl (C=O) groups excluding carboxylic acids is 1. The van der Waals surface area contributed by atoms with Crippen molar-refractivity contribution in [2.75, 3.05) is 20.1 Å². The van der Waals surface area contributed by atoms with Crippen LogP contribution in [-0.4, -0.2) is 37.1 Å². The summed E-state index contributed by atoms with van der Waals surface area (Å²) in [6.07, 6.45) is 12.8. The highest BCUT2D eigenvalue weighted by Gasteiger charge is 2.71. The Hall–Kier alpha value is -2.40. The Labute approximate surface area is 272 Å². The molecule has 246 valence electrons. The topological polar surface area (TPSA) is 78.4 Å². The quantitative estimate of drug-likeness (QED) is 0.213. The van der Waals surface area contributed by atoms with E-state index in [1.807, 2.05) is 19.2 Å². The highest BCUT2D eigenvalue weighted by atomic mass is 16.4. The van der Waals surface area contributed by atoms with E-state index in [0.29, 0.717) is 47.6 Å². The fourth-order valence-electron chi connectivity index (χ4n) is 12.9. The van der Waals surface area contributed by atoms with E-state index in [-0.39, 0.29) is 27.1 Å². The Morgan fingerprint density at radius 3 is 2.24 bits per heavy atom. The van der Waals surface area contributed by atoms with Crippen molar-refractivity contribution in [3.63, 3.8) is 0 Å². The summed E-state index contributed by atoms with van der Waals surface area (Å²) in [4.78, 5) is 25.6. The molecule has 0 bridgehead atoms. The highest BCUT2D eigenvalue weighted by Crippen LogP contribution is 2.77. The Balaban J connectivity index is 1.34. The Morgan fingerprint density at radius 2 is 1.60 bits per heavy atom. The van der Waals surface area contributed by atoms with Crippen LogP contribution < -0.4 is 10.6 Å². The monoisotopic (exact) mass is 614 g/mol. The van der Waals surface area contributed by atoms with Gasteiger partial charge in [-0.25, -0.2) is 4.79 Å². The zero-order valence-corrected chi connectivity index (χ0v) is 29.0. The molecule has 5 nitrogen and oxygen atoms in total. The van der Waals surface area contributed by atoms with Crippen LogP contribution in [0, 0.1) is 56.7 Å². The van der Waals surface area contributed by atoms with Crippen LogP contribution in [0.1, 0.15) is 115 Å². The number of hydrogen-bond donors (Lipinski definition) is 3. The molecule has 0 saturated heterocycles. The van der Waals surface area contributed by atoms with Gasteiger partial charge in [0, 0.05) is 13.1 Å². The SMILES string of the molecule is C=C(C)[C@@H]1CC[C@]2(C(=O)NCCNC)CC[C@]3(C)[C@H](CC[C@@H]4[C@@]5(C)CC=C(c6ccc(C(=O)O)cc6)C(C)(C)[C@@H]5CC[C@]43C)[C@@H]12. The van der Waals surface area contributed by atoms with Crippen molar-refractivity contribution in [3.05, 3.63) is 53.6 Å². The van der Waals surface area contributed by atoms with Gasteiger partial charge in [0.05, 0.1) is 11.0 Å². The minimum atomic E-state index is -0.872. The van der Waals surface area contributed by atoms with E-state index in [1.54, 1.807) is 12.1 Å². The maximum Gasteiger partial charge on any atom is 0.335 e. The molecule has 1 aromatic rings. The summed E-state index contributed by atoms with van der Waals surface area (Å²) < 4.78 is 0. The van der Waals surface area contributed by atoms with Crippen molar-refractivity contribution >= 4 is 17.4 Å². The highest BCUT2D eigenvalue weighted by molar-refractivity contribution is 5.88. The standard InChI is InChI=1S/C40H58N2O3/c1-25(2)28-15-20-40(35(45)42-24-23-41-8)22-21-38(6)30(33(28)40)13-14-32-37(5)18-16-29(26-9-11-27(12-10-26)34(43)44)36(3,4)31(37)17-19-39(32,38)7/h9-12,16,28,30-33,41H,1,13-15,17-24H2,2-8H3,(H,42,45)(H,43,44)/t28-,30+,31-,32+,33+,37-,38+,39+,40-/m0/s1. The fourth-order valence-corrected chi connectivity index (χ4v) is 12.9. The summed E-state index contributed by atoms with van der Waals surface area (Å²) in [5, 5.41) is 16.0. The Kier molecular flexibility index (Phi) is 8.03. The third-order valence-electron chi connectivity index (χ3n) is 15.2. The van der Waals surface area contributed by atoms with Crippen LogP contribution in [0.15, 0.2) is 42.5 Å². The smallest absolute Gasteiger partial charge is 0.335 e. The molecule has 1 amide bonds. The zero-order chi connectivity index (χ0) is 32.6. The largest absolute Gasteiger partial charge is 0.478 e. The van der Waals surface area contributed by atoms with Crippen LogP contribution in [-0.2, 0) is 4.79 Å². The number of hydrogen-bond acceptors (Lipinski definition) is 3.